The first-order valence-corrected chi connectivity index (χ1v) is 14.9. The summed E-state index contributed by atoms with van der Waals surface area (Å²) in [6.07, 6.45) is 1.95. The number of thiophene rings is 1. The molecule has 5 rings (SSSR count). The van der Waals surface area contributed by atoms with Crippen LogP contribution in [0.3, 0.4) is 0 Å². The molecular weight excluding hydrogens is 500 g/mol. The highest BCUT2D eigenvalue weighted by molar-refractivity contribution is 7.12. The monoisotopic (exact) mass is 542 g/mol. The molecule has 0 atom stereocenters. The van der Waals surface area contributed by atoms with Crippen LogP contribution in [0.4, 0.5) is 11.4 Å². The zero-order valence-electron chi connectivity index (χ0n) is 24.3. The first-order chi connectivity index (χ1) is 18.6. The molecule has 4 aromatic rings. The fraction of sp³-hybridized carbons (Fsp3) is 0.424. The fourth-order valence-electron chi connectivity index (χ4n) is 5.98. The average molecular weight is 543 g/mol. The molecule has 2 aromatic heterocycles. The first-order valence-electron chi connectivity index (χ1n) is 14.1. The predicted octanol–water partition coefficient (Wildman–Crippen LogP) is 6.68. The molecule has 0 unspecified atom stereocenters. The van der Waals surface area contributed by atoms with Gasteiger partial charge in [-0.25, -0.2) is 0 Å². The van der Waals surface area contributed by atoms with Crippen LogP contribution < -0.4 is 15.4 Å². The van der Waals surface area contributed by atoms with Gasteiger partial charge in [0.05, 0.1) is 11.4 Å². The Bertz CT molecular complexity index is 1500. The number of hydrogen-bond donors (Lipinski definition) is 0. The van der Waals surface area contributed by atoms with Crippen LogP contribution in [-0.4, -0.2) is 42.7 Å². The van der Waals surface area contributed by atoms with Gasteiger partial charge in [-0.3, -0.25) is 9.69 Å². The van der Waals surface area contributed by atoms with Gasteiger partial charge in [0.2, 0.25) is 0 Å². The van der Waals surface area contributed by atoms with E-state index in [0.29, 0.717) is 6.54 Å². The van der Waals surface area contributed by atoms with Crippen LogP contribution >= 0.6 is 11.3 Å². The Labute approximate surface area is 237 Å². The van der Waals surface area contributed by atoms with E-state index in [0.717, 1.165) is 50.0 Å². The van der Waals surface area contributed by atoms with Crippen molar-refractivity contribution in [2.24, 2.45) is 5.41 Å². The van der Waals surface area contributed by atoms with Crippen molar-refractivity contribution in [3.8, 4) is 0 Å². The molecule has 0 saturated heterocycles. The molecule has 6 heteroatoms. The number of anilines is 2. The van der Waals surface area contributed by atoms with E-state index in [9.17, 15) is 4.79 Å². The van der Waals surface area contributed by atoms with Gasteiger partial charge in [0.15, 0.2) is 0 Å². The van der Waals surface area contributed by atoms with Crippen LogP contribution in [0, 0.1) is 19.3 Å². The summed E-state index contributed by atoms with van der Waals surface area (Å²) in [6, 6.07) is 19.2. The normalized spacial score (nSPS) is 15.2. The highest BCUT2D eigenvalue weighted by Gasteiger charge is 2.29. The van der Waals surface area contributed by atoms with E-state index in [1.807, 2.05) is 46.4 Å². The van der Waals surface area contributed by atoms with Crippen molar-refractivity contribution in [3.63, 3.8) is 0 Å². The van der Waals surface area contributed by atoms with E-state index in [-0.39, 0.29) is 11.0 Å². The molecule has 0 bridgehead atoms. The van der Waals surface area contributed by atoms with Gasteiger partial charge in [-0.05, 0) is 73.0 Å². The molecule has 0 fully saturated rings. The molecule has 1 aliphatic heterocycles. The molecule has 0 N–H and O–H groups in total. The van der Waals surface area contributed by atoms with Crippen molar-refractivity contribution in [2.75, 3.05) is 43.0 Å². The highest BCUT2D eigenvalue weighted by Crippen LogP contribution is 2.37. The number of aromatic nitrogens is 1. The van der Waals surface area contributed by atoms with E-state index in [1.165, 1.54) is 32.3 Å². The van der Waals surface area contributed by atoms with Gasteiger partial charge in [0.1, 0.15) is 0 Å². The summed E-state index contributed by atoms with van der Waals surface area (Å²) in [5, 5.41) is 1.78. The third kappa shape index (κ3) is 6.07. The molecule has 206 valence electrons. The Balaban J connectivity index is 1.42. The second kappa shape index (κ2) is 11.2. The summed E-state index contributed by atoms with van der Waals surface area (Å²) in [5.74, 6) is 0. The first kappa shape index (κ1) is 27.5. The van der Waals surface area contributed by atoms with Crippen LogP contribution in [0.2, 0.25) is 0 Å². The molecule has 0 radical (unpaired) electrons. The van der Waals surface area contributed by atoms with Crippen molar-refractivity contribution in [1.82, 2.24) is 9.47 Å². The molecule has 5 nitrogen and oxygen atoms in total. The number of benzene rings is 2. The Morgan fingerprint density at radius 3 is 2.51 bits per heavy atom. The van der Waals surface area contributed by atoms with Gasteiger partial charge in [-0.15, -0.1) is 11.3 Å². The zero-order chi connectivity index (χ0) is 27.7. The van der Waals surface area contributed by atoms with Crippen LogP contribution in [0.5, 0.6) is 0 Å². The molecule has 1 aliphatic rings. The van der Waals surface area contributed by atoms with Gasteiger partial charge < -0.3 is 14.4 Å². The van der Waals surface area contributed by atoms with E-state index < -0.39 is 0 Å². The van der Waals surface area contributed by atoms with Gasteiger partial charge >= 0.3 is 0 Å². The van der Waals surface area contributed by atoms with Crippen molar-refractivity contribution in [3.05, 3.63) is 92.0 Å². The lowest BCUT2D eigenvalue weighted by molar-refractivity contribution is 0.247. The van der Waals surface area contributed by atoms with Crippen molar-refractivity contribution < 1.29 is 0 Å². The van der Waals surface area contributed by atoms with Crippen molar-refractivity contribution in [1.29, 1.82) is 0 Å². The SMILES string of the molecule is CCN1CC(C)(C)CN(C)c2cc(CN(CCn3ccc4ccccc4c3=O)Cc3cc(C)c(C)s3)ccc21. The molecule has 0 spiro atoms. The Morgan fingerprint density at radius 2 is 1.77 bits per heavy atom. The third-order valence-electron chi connectivity index (χ3n) is 8.00. The molecule has 2 aromatic carbocycles. The largest absolute Gasteiger partial charge is 0.372 e. The average Bonchev–Trinajstić information content (AvgIpc) is 3.17. The summed E-state index contributed by atoms with van der Waals surface area (Å²) in [7, 11) is 2.23. The smallest absolute Gasteiger partial charge is 0.258 e. The lowest BCUT2D eigenvalue weighted by Gasteiger charge is -2.30. The van der Waals surface area contributed by atoms with Crippen molar-refractivity contribution in [2.45, 2.75) is 54.3 Å². The van der Waals surface area contributed by atoms with Crippen LogP contribution in [0.1, 0.15) is 41.7 Å². The topological polar surface area (TPSA) is 31.7 Å². The summed E-state index contributed by atoms with van der Waals surface area (Å²) in [4.78, 5) is 23.4. The highest BCUT2D eigenvalue weighted by atomic mass is 32.1. The molecular formula is C33H42N4OS. The van der Waals surface area contributed by atoms with Crippen molar-refractivity contribution >= 4 is 33.5 Å². The van der Waals surface area contributed by atoms with Gasteiger partial charge in [-0.1, -0.05) is 38.1 Å². The Hall–Kier alpha value is -3.09. The van der Waals surface area contributed by atoms with E-state index in [4.69, 9.17) is 0 Å². The standard InChI is InChI=1S/C33H42N4OS/c1-7-36-23-33(4,5)22-34(6)31-19-26(12-13-30(31)36)20-35(21-28-18-24(2)25(3)39-28)16-17-37-15-14-27-10-8-9-11-29(27)32(37)38/h8-15,18-19H,7,16-17,20-23H2,1-6H3. The van der Waals surface area contributed by atoms with E-state index in [2.05, 4.69) is 86.7 Å². The Morgan fingerprint density at radius 1 is 0.974 bits per heavy atom. The third-order valence-corrected chi connectivity index (χ3v) is 9.14. The van der Waals surface area contributed by atoms with Crippen LogP contribution in [0.15, 0.2) is 65.6 Å². The molecule has 0 aliphatic carbocycles. The maximum Gasteiger partial charge on any atom is 0.258 e. The van der Waals surface area contributed by atoms with E-state index >= 15 is 0 Å². The van der Waals surface area contributed by atoms with E-state index in [1.54, 1.807) is 0 Å². The Kier molecular flexibility index (Phi) is 7.88. The predicted molar refractivity (Wildman–Crippen MR) is 167 cm³/mol. The summed E-state index contributed by atoms with van der Waals surface area (Å²) < 4.78 is 1.87. The van der Waals surface area contributed by atoms with Gasteiger partial charge in [0, 0.05) is 74.2 Å². The summed E-state index contributed by atoms with van der Waals surface area (Å²) >= 11 is 1.88. The number of pyridine rings is 1. The minimum atomic E-state index is 0.0878. The minimum absolute atomic E-state index is 0.0878. The molecule has 0 amide bonds. The number of fused-ring (bicyclic) bond motifs is 2. The maximum absolute atomic E-state index is 13.2. The van der Waals surface area contributed by atoms with Gasteiger partial charge in [0.25, 0.3) is 5.56 Å². The minimum Gasteiger partial charge on any atom is -0.372 e. The molecule has 39 heavy (non-hydrogen) atoms. The molecule has 0 saturated carbocycles. The second-order valence-electron chi connectivity index (χ2n) is 11.9. The summed E-state index contributed by atoms with van der Waals surface area (Å²) in [6.45, 7) is 17.6. The lowest BCUT2D eigenvalue weighted by atomic mass is 9.92. The quantitative estimate of drug-likeness (QED) is 0.248. The number of hydrogen-bond acceptors (Lipinski definition) is 5. The lowest BCUT2D eigenvalue weighted by Crippen LogP contribution is -2.37. The number of nitrogens with zero attached hydrogens (tertiary/aromatic N) is 4. The van der Waals surface area contributed by atoms with Crippen LogP contribution in [0.25, 0.3) is 10.8 Å². The summed E-state index contributed by atoms with van der Waals surface area (Å²) in [5.41, 5.74) is 5.62. The van der Waals surface area contributed by atoms with Gasteiger partial charge in [-0.2, -0.15) is 0 Å². The fourth-order valence-corrected chi connectivity index (χ4v) is 7.07. The number of rotatable bonds is 8. The second-order valence-corrected chi connectivity index (χ2v) is 13.3. The molecule has 3 heterocycles. The zero-order valence-corrected chi connectivity index (χ0v) is 25.1. The van der Waals surface area contributed by atoms with Crippen LogP contribution in [-0.2, 0) is 19.6 Å². The maximum atomic E-state index is 13.2. The number of aryl methyl sites for hydroxylation is 2.